The summed E-state index contributed by atoms with van der Waals surface area (Å²) >= 11 is 0. The van der Waals surface area contributed by atoms with Crippen LogP contribution in [0, 0.1) is 0 Å². The van der Waals surface area contributed by atoms with Crippen molar-refractivity contribution in [3.8, 4) is 17.0 Å². The van der Waals surface area contributed by atoms with Gasteiger partial charge in [-0.05, 0) is 18.2 Å². The zero-order valence-electron chi connectivity index (χ0n) is 12.2. The van der Waals surface area contributed by atoms with Gasteiger partial charge in [-0.1, -0.05) is 6.07 Å². The predicted octanol–water partition coefficient (Wildman–Crippen LogP) is 1.33. The van der Waals surface area contributed by atoms with Crippen LogP contribution in [-0.2, 0) is 7.05 Å². The molecule has 2 aromatic heterocycles. The first kappa shape index (κ1) is 13.9. The fourth-order valence-corrected chi connectivity index (χ4v) is 2.33. The molecule has 2 heterocycles. The fraction of sp³-hybridized carbons (Fsp3) is 0.133. The summed E-state index contributed by atoms with van der Waals surface area (Å²) in [6.07, 6.45) is 1.72. The first-order chi connectivity index (χ1) is 10.5. The normalized spacial score (nSPS) is 10.8. The largest absolute Gasteiger partial charge is 0.495 e. The number of benzene rings is 1. The van der Waals surface area contributed by atoms with E-state index in [9.17, 15) is 4.79 Å². The summed E-state index contributed by atoms with van der Waals surface area (Å²) in [6.45, 7) is 0. The average molecular weight is 297 g/mol. The Kier molecular flexibility index (Phi) is 3.17. The second-order valence-electron chi connectivity index (χ2n) is 4.92. The molecule has 3 aromatic rings. The fourth-order valence-electron chi connectivity index (χ4n) is 2.33. The molecule has 0 spiro atoms. The highest BCUT2D eigenvalue weighted by molar-refractivity contribution is 6.05. The molecule has 7 heteroatoms. The molecule has 0 radical (unpaired) electrons. The standard InChI is InChI=1S/C15H15N5O2/c1-20-7-10-9(14(17)21)6-12(18-15(10)19-20)8-3-4-11(16)13(5-8)22-2/h3-7H,16H2,1-2H3,(H2,17,21). The molecule has 0 aliphatic carbocycles. The van der Waals surface area contributed by atoms with Crippen LogP contribution in [0.5, 0.6) is 5.75 Å². The third-order valence-corrected chi connectivity index (χ3v) is 3.40. The Balaban J connectivity index is 2.25. The van der Waals surface area contributed by atoms with Gasteiger partial charge >= 0.3 is 0 Å². The summed E-state index contributed by atoms with van der Waals surface area (Å²) < 4.78 is 6.81. The van der Waals surface area contributed by atoms with Gasteiger partial charge in [0.15, 0.2) is 5.65 Å². The lowest BCUT2D eigenvalue weighted by Gasteiger charge is -2.08. The van der Waals surface area contributed by atoms with Gasteiger partial charge in [-0.25, -0.2) is 4.98 Å². The van der Waals surface area contributed by atoms with Crippen LogP contribution in [0.4, 0.5) is 5.69 Å². The smallest absolute Gasteiger partial charge is 0.249 e. The minimum atomic E-state index is -0.524. The molecule has 1 aromatic carbocycles. The number of nitrogens with zero attached hydrogens (tertiary/aromatic N) is 3. The van der Waals surface area contributed by atoms with Gasteiger partial charge in [0.1, 0.15) is 5.75 Å². The van der Waals surface area contributed by atoms with Crippen molar-refractivity contribution in [2.45, 2.75) is 0 Å². The third-order valence-electron chi connectivity index (χ3n) is 3.40. The number of amides is 1. The summed E-state index contributed by atoms with van der Waals surface area (Å²) in [5.41, 5.74) is 14.0. The number of aromatic nitrogens is 3. The van der Waals surface area contributed by atoms with Crippen molar-refractivity contribution in [2.24, 2.45) is 12.8 Å². The van der Waals surface area contributed by atoms with E-state index >= 15 is 0 Å². The maximum atomic E-state index is 11.7. The molecule has 0 saturated carbocycles. The minimum absolute atomic E-state index is 0.379. The van der Waals surface area contributed by atoms with Crippen molar-refractivity contribution in [1.82, 2.24) is 14.8 Å². The van der Waals surface area contributed by atoms with Crippen LogP contribution < -0.4 is 16.2 Å². The van der Waals surface area contributed by atoms with Crippen molar-refractivity contribution < 1.29 is 9.53 Å². The first-order valence-electron chi connectivity index (χ1n) is 6.57. The van der Waals surface area contributed by atoms with E-state index in [4.69, 9.17) is 16.2 Å². The highest BCUT2D eigenvalue weighted by Crippen LogP contribution is 2.29. The highest BCUT2D eigenvalue weighted by Gasteiger charge is 2.15. The number of aryl methyl sites for hydroxylation is 1. The van der Waals surface area contributed by atoms with E-state index < -0.39 is 5.91 Å². The highest BCUT2D eigenvalue weighted by atomic mass is 16.5. The van der Waals surface area contributed by atoms with Crippen molar-refractivity contribution in [3.63, 3.8) is 0 Å². The van der Waals surface area contributed by atoms with Gasteiger partial charge in [-0.15, -0.1) is 0 Å². The number of fused-ring (bicyclic) bond motifs is 1. The Morgan fingerprint density at radius 3 is 2.77 bits per heavy atom. The van der Waals surface area contributed by atoms with Crippen molar-refractivity contribution in [3.05, 3.63) is 36.0 Å². The van der Waals surface area contributed by atoms with E-state index in [1.807, 2.05) is 0 Å². The molecular formula is C15H15N5O2. The van der Waals surface area contributed by atoms with E-state index in [1.165, 1.54) is 0 Å². The number of rotatable bonds is 3. The summed E-state index contributed by atoms with van der Waals surface area (Å²) in [5.74, 6) is 0.0186. The molecule has 1 amide bonds. The number of primary amides is 1. The van der Waals surface area contributed by atoms with Gasteiger partial charge in [0.05, 0.1) is 29.4 Å². The van der Waals surface area contributed by atoms with Gasteiger partial charge in [0, 0.05) is 18.8 Å². The van der Waals surface area contributed by atoms with Crippen LogP contribution >= 0.6 is 0 Å². The first-order valence-corrected chi connectivity index (χ1v) is 6.57. The van der Waals surface area contributed by atoms with E-state index in [-0.39, 0.29) is 0 Å². The number of methoxy groups -OCH3 is 1. The SMILES string of the molecule is COc1cc(-c2cc(C(N)=O)c3cn(C)nc3n2)ccc1N. The molecular weight excluding hydrogens is 282 g/mol. The number of nitrogens with two attached hydrogens (primary N) is 2. The molecule has 4 N–H and O–H groups in total. The Hall–Kier alpha value is -3.09. The number of hydrogen-bond donors (Lipinski definition) is 2. The van der Waals surface area contributed by atoms with E-state index in [2.05, 4.69) is 10.1 Å². The summed E-state index contributed by atoms with van der Waals surface area (Å²) in [4.78, 5) is 16.2. The zero-order chi connectivity index (χ0) is 15.9. The molecule has 0 bridgehead atoms. The number of carbonyl (C=O) groups is 1. The van der Waals surface area contributed by atoms with Crippen LogP contribution in [0.1, 0.15) is 10.4 Å². The van der Waals surface area contributed by atoms with Crippen LogP contribution in [0.25, 0.3) is 22.3 Å². The second kappa shape index (κ2) is 5.03. The van der Waals surface area contributed by atoms with Gasteiger partial charge in [-0.2, -0.15) is 5.10 Å². The predicted molar refractivity (Wildman–Crippen MR) is 83.4 cm³/mol. The molecule has 0 aliphatic rings. The topological polar surface area (TPSA) is 109 Å². The number of hydrogen-bond acceptors (Lipinski definition) is 5. The summed E-state index contributed by atoms with van der Waals surface area (Å²) in [6, 6.07) is 6.94. The van der Waals surface area contributed by atoms with Crippen LogP contribution in [0.2, 0.25) is 0 Å². The Morgan fingerprint density at radius 1 is 1.32 bits per heavy atom. The zero-order valence-corrected chi connectivity index (χ0v) is 12.2. The van der Waals surface area contributed by atoms with Crippen molar-refractivity contribution >= 4 is 22.6 Å². The van der Waals surface area contributed by atoms with E-state index in [0.717, 1.165) is 5.56 Å². The minimum Gasteiger partial charge on any atom is -0.495 e. The molecule has 22 heavy (non-hydrogen) atoms. The number of anilines is 1. The summed E-state index contributed by atoms with van der Waals surface area (Å²) in [7, 11) is 3.30. The lowest BCUT2D eigenvalue weighted by Crippen LogP contribution is -2.11. The summed E-state index contributed by atoms with van der Waals surface area (Å²) in [5, 5.41) is 4.87. The second-order valence-corrected chi connectivity index (χ2v) is 4.92. The molecule has 0 fully saturated rings. The molecule has 0 aliphatic heterocycles. The number of pyridine rings is 1. The van der Waals surface area contributed by atoms with Crippen molar-refractivity contribution in [2.75, 3.05) is 12.8 Å². The van der Waals surface area contributed by atoms with Crippen LogP contribution in [0.3, 0.4) is 0 Å². The Labute approximate surface area is 126 Å². The molecule has 3 rings (SSSR count). The van der Waals surface area contributed by atoms with E-state index in [1.54, 1.807) is 49.3 Å². The van der Waals surface area contributed by atoms with Crippen molar-refractivity contribution in [1.29, 1.82) is 0 Å². The maximum Gasteiger partial charge on any atom is 0.249 e. The van der Waals surface area contributed by atoms with Crippen LogP contribution in [0.15, 0.2) is 30.5 Å². The van der Waals surface area contributed by atoms with E-state index in [0.29, 0.717) is 33.7 Å². The van der Waals surface area contributed by atoms with Gasteiger partial charge in [0.25, 0.3) is 0 Å². The third kappa shape index (κ3) is 2.22. The van der Waals surface area contributed by atoms with Gasteiger partial charge in [0.2, 0.25) is 5.91 Å². The molecule has 0 unspecified atom stereocenters. The molecule has 0 atom stereocenters. The number of carbonyl (C=O) groups excluding carboxylic acids is 1. The van der Waals surface area contributed by atoms with Crippen LogP contribution in [-0.4, -0.2) is 27.8 Å². The van der Waals surface area contributed by atoms with Gasteiger partial charge in [-0.3, -0.25) is 9.48 Å². The number of nitrogen functional groups attached to an aromatic ring is 1. The molecule has 0 saturated heterocycles. The molecule has 112 valence electrons. The maximum absolute atomic E-state index is 11.7. The monoisotopic (exact) mass is 297 g/mol. The average Bonchev–Trinajstić information content (AvgIpc) is 2.86. The van der Waals surface area contributed by atoms with Gasteiger partial charge < -0.3 is 16.2 Å². The lowest BCUT2D eigenvalue weighted by atomic mass is 10.1. The lowest BCUT2D eigenvalue weighted by molar-refractivity contribution is 0.100. The Bertz CT molecular complexity index is 885. The quantitative estimate of drug-likeness (QED) is 0.709. The molecule has 7 nitrogen and oxygen atoms in total. The Morgan fingerprint density at radius 2 is 2.09 bits per heavy atom. The number of ether oxygens (including phenoxy) is 1.